The minimum atomic E-state index is -0.280. The average molecular weight is 409 g/mol. The van der Waals surface area contributed by atoms with E-state index in [4.69, 9.17) is 10.8 Å². The summed E-state index contributed by atoms with van der Waals surface area (Å²) in [4.78, 5) is 27.7. The summed E-state index contributed by atoms with van der Waals surface area (Å²) in [6.45, 7) is 5.13. The average Bonchev–Trinajstić information content (AvgIpc) is 3.37. The highest BCUT2D eigenvalue weighted by atomic mass is 32.1. The lowest BCUT2D eigenvalue weighted by atomic mass is 9.96. The lowest BCUT2D eigenvalue weighted by Crippen LogP contribution is -2.42. The molecule has 3 heterocycles. The van der Waals surface area contributed by atoms with Crippen LogP contribution in [0.15, 0.2) is 41.8 Å². The van der Waals surface area contributed by atoms with Crippen LogP contribution in [0.5, 0.6) is 0 Å². The van der Waals surface area contributed by atoms with Gasteiger partial charge in [0.15, 0.2) is 0 Å². The van der Waals surface area contributed by atoms with E-state index in [0.717, 1.165) is 21.8 Å². The third-order valence-electron chi connectivity index (χ3n) is 5.47. The van der Waals surface area contributed by atoms with E-state index in [-0.39, 0.29) is 17.7 Å². The summed E-state index contributed by atoms with van der Waals surface area (Å²) in [5, 5.41) is 6.78. The van der Waals surface area contributed by atoms with Crippen molar-refractivity contribution in [2.24, 2.45) is 11.7 Å². The number of primary amides is 1. The molecule has 0 spiro atoms. The van der Waals surface area contributed by atoms with Crippen LogP contribution in [-0.2, 0) is 4.79 Å². The molecule has 3 aromatic rings. The van der Waals surface area contributed by atoms with Gasteiger partial charge in [-0.05, 0) is 55.8 Å². The Morgan fingerprint density at radius 1 is 1.14 bits per heavy atom. The maximum absolute atomic E-state index is 13.4. The Hall–Kier alpha value is -2.93. The number of nitrogens with zero attached hydrogens (tertiary/aromatic N) is 3. The van der Waals surface area contributed by atoms with Crippen molar-refractivity contribution in [2.45, 2.75) is 26.7 Å². The molecule has 0 saturated carbocycles. The predicted molar refractivity (Wildman–Crippen MR) is 114 cm³/mol. The summed E-state index contributed by atoms with van der Waals surface area (Å²) in [6.07, 6.45) is 1.22. The number of rotatable bonds is 4. The fraction of sp³-hybridized carbons (Fsp3) is 0.318. The van der Waals surface area contributed by atoms with Crippen LogP contribution in [0.25, 0.3) is 16.3 Å². The number of hydrogen-bond acceptors (Lipinski definition) is 4. The van der Waals surface area contributed by atoms with Gasteiger partial charge < -0.3 is 10.6 Å². The van der Waals surface area contributed by atoms with Gasteiger partial charge in [-0.3, -0.25) is 9.59 Å². The molecule has 2 N–H and O–H groups in total. The summed E-state index contributed by atoms with van der Waals surface area (Å²) in [6, 6.07) is 12.0. The Labute approximate surface area is 173 Å². The minimum Gasteiger partial charge on any atom is -0.369 e. The monoisotopic (exact) mass is 408 g/mol. The summed E-state index contributed by atoms with van der Waals surface area (Å²) < 4.78 is 1.76. The van der Waals surface area contributed by atoms with E-state index in [0.29, 0.717) is 31.6 Å². The Morgan fingerprint density at radius 2 is 1.90 bits per heavy atom. The van der Waals surface area contributed by atoms with Crippen molar-refractivity contribution in [3.63, 3.8) is 0 Å². The van der Waals surface area contributed by atoms with Crippen LogP contribution in [0.4, 0.5) is 0 Å². The second-order valence-electron chi connectivity index (χ2n) is 7.56. The highest BCUT2D eigenvalue weighted by molar-refractivity contribution is 7.13. The summed E-state index contributed by atoms with van der Waals surface area (Å²) in [5.74, 6) is -0.495. The van der Waals surface area contributed by atoms with Gasteiger partial charge in [-0.25, -0.2) is 4.68 Å². The van der Waals surface area contributed by atoms with E-state index in [1.165, 1.54) is 5.56 Å². The van der Waals surface area contributed by atoms with Crippen LogP contribution in [-0.4, -0.2) is 39.6 Å². The van der Waals surface area contributed by atoms with Crippen LogP contribution < -0.4 is 5.73 Å². The van der Waals surface area contributed by atoms with Gasteiger partial charge in [0.25, 0.3) is 5.91 Å². The van der Waals surface area contributed by atoms with Gasteiger partial charge in [0, 0.05) is 19.0 Å². The largest absolute Gasteiger partial charge is 0.369 e. The number of amides is 2. The standard InChI is InChI=1S/C22H24N4O2S/c1-14-5-6-18(15(2)12-14)26-19(13-17(24-26)20-4-3-11-29-20)22(28)25-9-7-16(8-10-25)21(23)27/h3-6,11-13,16H,7-10H2,1-2H3,(H2,23,27). The number of aryl methyl sites for hydroxylation is 2. The number of carbonyl (C=O) groups is 2. The van der Waals surface area contributed by atoms with E-state index < -0.39 is 0 Å². The molecule has 1 saturated heterocycles. The molecule has 6 nitrogen and oxygen atoms in total. The molecule has 7 heteroatoms. The highest BCUT2D eigenvalue weighted by Gasteiger charge is 2.29. The van der Waals surface area contributed by atoms with Crippen molar-refractivity contribution < 1.29 is 9.59 Å². The number of piperidine rings is 1. The van der Waals surface area contributed by atoms with Gasteiger partial charge in [0.05, 0.1) is 10.6 Å². The second kappa shape index (κ2) is 7.83. The highest BCUT2D eigenvalue weighted by Crippen LogP contribution is 2.28. The molecule has 1 aliphatic heterocycles. The van der Waals surface area contributed by atoms with Crippen molar-refractivity contribution in [1.82, 2.24) is 14.7 Å². The lowest BCUT2D eigenvalue weighted by Gasteiger charge is -2.30. The smallest absolute Gasteiger partial charge is 0.272 e. The zero-order chi connectivity index (χ0) is 20.5. The van der Waals surface area contributed by atoms with Crippen LogP contribution in [0.3, 0.4) is 0 Å². The van der Waals surface area contributed by atoms with E-state index >= 15 is 0 Å². The Morgan fingerprint density at radius 3 is 2.52 bits per heavy atom. The van der Waals surface area contributed by atoms with Gasteiger partial charge in [-0.15, -0.1) is 11.3 Å². The maximum Gasteiger partial charge on any atom is 0.272 e. The third-order valence-corrected chi connectivity index (χ3v) is 6.36. The predicted octanol–water partition coefficient (Wildman–Crippen LogP) is 3.56. The Kier molecular flexibility index (Phi) is 5.24. The molecule has 4 rings (SSSR count). The fourth-order valence-electron chi connectivity index (χ4n) is 3.83. The number of likely N-dealkylation sites (tertiary alicyclic amines) is 1. The van der Waals surface area contributed by atoms with Gasteiger partial charge in [-0.2, -0.15) is 5.10 Å². The molecule has 1 fully saturated rings. The quantitative estimate of drug-likeness (QED) is 0.717. The summed E-state index contributed by atoms with van der Waals surface area (Å²) in [5.41, 5.74) is 9.88. The first-order valence-corrected chi connectivity index (χ1v) is 10.6. The van der Waals surface area contributed by atoms with Crippen molar-refractivity contribution >= 4 is 23.2 Å². The SMILES string of the molecule is Cc1ccc(-n2nc(-c3cccs3)cc2C(=O)N2CCC(C(N)=O)CC2)c(C)c1. The molecular formula is C22H24N4O2S. The number of nitrogens with two attached hydrogens (primary N) is 1. The summed E-state index contributed by atoms with van der Waals surface area (Å²) in [7, 11) is 0. The Balaban J connectivity index is 1.72. The number of aromatic nitrogens is 2. The molecule has 0 aliphatic carbocycles. The number of hydrogen-bond donors (Lipinski definition) is 1. The maximum atomic E-state index is 13.4. The summed E-state index contributed by atoms with van der Waals surface area (Å²) >= 11 is 1.60. The molecule has 2 amide bonds. The van der Waals surface area contributed by atoms with Crippen LogP contribution >= 0.6 is 11.3 Å². The molecule has 29 heavy (non-hydrogen) atoms. The molecule has 2 aromatic heterocycles. The zero-order valence-corrected chi connectivity index (χ0v) is 17.4. The van der Waals surface area contributed by atoms with Gasteiger partial charge in [-0.1, -0.05) is 23.8 Å². The lowest BCUT2D eigenvalue weighted by molar-refractivity contribution is -0.123. The van der Waals surface area contributed by atoms with Crippen LogP contribution in [0.1, 0.15) is 34.5 Å². The molecule has 0 atom stereocenters. The second-order valence-corrected chi connectivity index (χ2v) is 8.51. The van der Waals surface area contributed by atoms with E-state index in [9.17, 15) is 9.59 Å². The van der Waals surface area contributed by atoms with E-state index in [1.54, 1.807) is 20.9 Å². The number of thiophene rings is 1. The fourth-order valence-corrected chi connectivity index (χ4v) is 4.52. The van der Waals surface area contributed by atoms with Crippen molar-refractivity contribution in [3.8, 4) is 16.3 Å². The number of carbonyl (C=O) groups excluding carboxylic acids is 2. The minimum absolute atomic E-state index is 0.0665. The first-order chi connectivity index (χ1) is 13.9. The van der Waals surface area contributed by atoms with Crippen LogP contribution in [0.2, 0.25) is 0 Å². The Bertz CT molecular complexity index is 1050. The number of benzene rings is 1. The molecule has 1 aliphatic rings. The third kappa shape index (κ3) is 3.82. The zero-order valence-electron chi connectivity index (χ0n) is 16.6. The van der Waals surface area contributed by atoms with Crippen molar-refractivity contribution in [2.75, 3.05) is 13.1 Å². The normalized spacial score (nSPS) is 14.9. The topological polar surface area (TPSA) is 81.2 Å². The molecule has 1 aromatic carbocycles. The molecule has 0 bridgehead atoms. The van der Waals surface area contributed by atoms with Crippen LogP contribution in [0, 0.1) is 19.8 Å². The molecular weight excluding hydrogens is 384 g/mol. The first-order valence-electron chi connectivity index (χ1n) is 9.74. The first kappa shape index (κ1) is 19.4. The van der Waals surface area contributed by atoms with E-state index in [2.05, 4.69) is 6.07 Å². The molecule has 150 valence electrons. The van der Waals surface area contributed by atoms with Gasteiger partial charge in [0.2, 0.25) is 5.91 Å². The van der Waals surface area contributed by atoms with E-state index in [1.807, 2.05) is 49.6 Å². The molecule has 0 radical (unpaired) electrons. The van der Waals surface area contributed by atoms with Gasteiger partial charge in [0.1, 0.15) is 11.4 Å². The van der Waals surface area contributed by atoms with Crippen molar-refractivity contribution in [3.05, 3.63) is 58.6 Å². The van der Waals surface area contributed by atoms with Gasteiger partial charge >= 0.3 is 0 Å². The van der Waals surface area contributed by atoms with Crippen molar-refractivity contribution in [1.29, 1.82) is 0 Å². The molecule has 0 unspecified atom stereocenters.